The lowest BCUT2D eigenvalue weighted by Gasteiger charge is -2.26. The van der Waals surface area contributed by atoms with Crippen LogP contribution in [0.1, 0.15) is 38.3 Å². The zero-order valence-corrected chi connectivity index (χ0v) is 9.41. The molecule has 0 fully saturated rings. The maximum Gasteiger partial charge on any atom is 0.0888 e. The van der Waals surface area contributed by atoms with Gasteiger partial charge in [-0.2, -0.15) is 0 Å². The Hall–Kier alpha value is -0.890. The molecule has 0 aliphatic rings. The van der Waals surface area contributed by atoms with Crippen LogP contribution in [0.3, 0.4) is 0 Å². The molecule has 2 nitrogen and oxygen atoms in total. The number of hydrogen-bond donors (Lipinski definition) is 1. The van der Waals surface area contributed by atoms with E-state index < -0.39 is 5.60 Å². The van der Waals surface area contributed by atoms with Crippen LogP contribution in [-0.4, -0.2) is 10.1 Å². The summed E-state index contributed by atoms with van der Waals surface area (Å²) in [5.41, 5.74) is 1.28. The van der Waals surface area contributed by atoms with Gasteiger partial charge in [0.25, 0.3) is 0 Å². The number of rotatable bonds is 3. The fourth-order valence-electron chi connectivity index (χ4n) is 1.93. The molecule has 0 spiro atoms. The summed E-state index contributed by atoms with van der Waals surface area (Å²) in [5, 5.41) is 10.3. The van der Waals surface area contributed by atoms with Gasteiger partial charge >= 0.3 is 0 Å². The maximum absolute atomic E-state index is 10.3. The van der Waals surface area contributed by atoms with Gasteiger partial charge < -0.3 is 5.11 Å². The second-order valence-electron chi connectivity index (χ2n) is 4.56. The lowest BCUT2D eigenvalue weighted by atomic mass is 9.86. The van der Waals surface area contributed by atoms with Gasteiger partial charge in [0.05, 0.1) is 5.60 Å². The number of hydrogen-bond acceptors (Lipinski definition) is 2. The molecule has 14 heavy (non-hydrogen) atoms. The third-order valence-corrected chi connectivity index (χ3v) is 2.43. The Bertz CT molecular complexity index is 305. The summed E-state index contributed by atoms with van der Waals surface area (Å²) in [6.45, 7) is 8.09. The summed E-state index contributed by atoms with van der Waals surface area (Å²) in [5.74, 6) is 0.476. The van der Waals surface area contributed by atoms with Crippen molar-refractivity contribution in [1.82, 2.24) is 4.98 Å². The molecule has 1 rings (SSSR count). The van der Waals surface area contributed by atoms with Crippen LogP contribution in [0, 0.1) is 12.8 Å². The van der Waals surface area contributed by atoms with Crippen LogP contribution in [0.2, 0.25) is 0 Å². The Morgan fingerprint density at radius 3 is 2.64 bits per heavy atom. The molecule has 0 radical (unpaired) electrons. The van der Waals surface area contributed by atoms with E-state index in [1.165, 1.54) is 0 Å². The minimum absolute atomic E-state index is 0.476. The molecule has 0 aliphatic heterocycles. The zero-order valence-electron chi connectivity index (χ0n) is 9.41. The van der Waals surface area contributed by atoms with Gasteiger partial charge in [0, 0.05) is 18.0 Å². The second-order valence-corrected chi connectivity index (χ2v) is 4.56. The smallest absolute Gasteiger partial charge is 0.0888 e. The Kier molecular flexibility index (Phi) is 3.27. The first kappa shape index (κ1) is 11.2. The first-order chi connectivity index (χ1) is 6.43. The van der Waals surface area contributed by atoms with E-state index in [0.717, 1.165) is 17.5 Å². The van der Waals surface area contributed by atoms with Crippen LogP contribution in [0.25, 0.3) is 0 Å². The number of nitrogens with zero attached hydrogens (tertiary/aromatic N) is 1. The molecule has 1 aromatic rings. The van der Waals surface area contributed by atoms with Crippen molar-refractivity contribution in [3.8, 4) is 0 Å². The topological polar surface area (TPSA) is 33.1 Å². The summed E-state index contributed by atoms with van der Waals surface area (Å²) in [4.78, 5) is 4.06. The van der Waals surface area contributed by atoms with E-state index in [1.54, 1.807) is 12.4 Å². The van der Waals surface area contributed by atoms with Gasteiger partial charge in [0.2, 0.25) is 0 Å². The standard InChI is InChI=1S/C12H19NO/c1-9(2)7-12(4,14)11-8-13-6-5-10(11)3/h5-6,8-9,14H,7H2,1-4H3. The third-order valence-electron chi connectivity index (χ3n) is 2.43. The molecule has 1 atom stereocenters. The van der Waals surface area contributed by atoms with Crippen LogP contribution in [0.15, 0.2) is 18.5 Å². The second kappa shape index (κ2) is 4.09. The van der Waals surface area contributed by atoms with Crippen molar-refractivity contribution >= 4 is 0 Å². The molecule has 0 aliphatic carbocycles. The summed E-state index contributed by atoms with van der Waals surface area (Å²) in [7, 11) is 0. The molecule has 78 valence electrons. The Balaban J connectivity index is 2.97. The fourth-order valence-corrected chi connectivity index (χ4v) is 1.93. The van der Waals surface area contributed by atoms with Gasteiger partial charge in [-0.15, -0.1) is 0 Å². The SMILES string of the molecule is Cc1ccncc1C(C)(O)CC(C)C. The summed E-state index contributed by atoms with van der Waals surface area (Å²) in [6.07, 6.45) is 4.28. The van der Waals surface area contributed by atoms with Crippen LogP contribution < -0.4 is 0 Å². The molecule has 2 heteroatoms. The largest absolute Gasteiger partial charge is 0.385 e. The van der Waals surface area contributed by atoms with Crippen molar-refractivity contribution in [2.75, 3.05) is 0 Å². The predicted octanol–water partition coefficient (Wildman–Crippen LogP) is 2.64. The van der Waals surface area contributed by atoms with E-state index in [4.69, 9.17) is 0 Å². The molecule has 0 amide bonds. The van der Waals surface area contributed by atoms with Crippen molar-refractivity contribution in [3.63, 3.8) is 0 Å². The Labute approximate surface area is 86.0 Å². The highest BCUT2D eigenvalue weighted by Crippen LogP contribution is 2.29. The zero-order chi connectivity index (χ0) is 10.8. The van der Waals surface area contributed by atoms with Gasteiger partial charge in [0.1, 0.15) is 0 Å². The number of aliphatic hydroxyl groups is 1. The van der Waals surface area contributed by atoms with Gasteiger partial charge in [-0.3, -0.25) is 4.98 Å². The molecule has 0 saturated heterocycles. The molecule has 1 unspecified atom stereocenters. The first-order valence-corrected chi connectivity index (χ1v) is 5.07. The average molecular weight is 193 g/mol. The molecule has 1 aromatic heterocycles. The summed E-state index contributed by atoms with van der Waals surface area (Å²) < 4.78 is 0. The van der Waals surface area contributed by atoms with E-state index in [9.17, 15) is 5.11 Å². The first-order valence-electron chi connectivity index (χ1n) is 5.07. The number of aryl methyl sites for hydroxylation is 1. The Morgan fingerprint density at radius 1 is 1.50 bits per heavy atom. The average Bonchev–Trinajstić information content (AvgIpc) is 2.02. The van der Waals surface area contributed by atoms with Gasteiger partial charge in [-0.05, 0) is 37.8 Å². The van der Waals surface area contributed by atoms with Crippen molar-refractivity contribution < 1.29 is 5.11 Å². The van der Waals surface area contributed by atoms with E-state index in [1.807, 2.05) is 19.9 Å². The van der Waals surface area contributed by atoms with Gasteiger partial charge in [-0.1, -0.05) is 13.8 Å². The molecule has 0 aromatic carbocycles. The lowest BCUT2D eigenvalue weighted by Crippen LogP contribution is -2.24. The fraction of sp³-hybridized carbons (Fsp3) is 0.583. The molecule has 1 N–H and O–H groups in total. The molecule has 0 bridgehead atoms. The Morgan fingerprint density at radius 2 is 2.14 bits per heavy atom. The van der Waals surface area contributed by atoms with Crippen LogP contribution >= 0.6 is 0 Å². The van der Waals surface area contributed by atoms with E-state index in [0.29, 0.717) is 5.92 Å². The number of aromatic nitrogens is 1. The van der Waals surface area contributed by atoms with Crippen LogP contribution in [-0.2, 0) is 5.60 Å². The highest BCUT2D eigenvalue weighted by atomic mass is 16.3. The predicted molar refractivity (Wildman–Crippen MR) is 58.0 cm³/mol. The summed E-state index contributed by atoms with van der Waals surface area (Å²) >= 11 is 0. The van der Waals surface area contributed by atoms with Gasteiger partial charge in [0.15, 0.2) is 0 Å². The van der Waals surface area contributed by atoms with Gasteiger partial charge in [-0.25, -0.2) is 0 Å². The van der Waals surface area contributed by atoms with E-state index in [2.05, 4.69) is 18.8 Å². The van der Waals surface area contributed by atoms with E-state index >= 15 is 0 Å². The highest BCUT2D eigenvalue weighted by Gasteiger charge is 2.25. The van der Waals surface area contributed by atoms with Crippen LogP contribution in [0.5, 0.6) is 0 Å². The minimum Gasteiger partial charge on any atom is -0.385 e. The number of pyridine rings is 1. The van der Waals surface area contributed by atoms with E-state index in [-0.39, 0.29) is 0 Å². The quantitative estimate of drug-likeness (QED) is 0.800. The highest BCUT2D eigenvalue weighted by molar-refractivity contribution is 5.27. The monoisotopic (exact) mass is 193 g/mol. The molecular weight excluding hydrogens is 174 g/mol. The minimum atomic E-state index is -0.757. The third kappa shape index (κ3) is 2.55. The van der Waals surface area contributed by atoms with Crippen molar-refractivity contribution in [2.45, 2.75) is 39.7 Å². The normalized spacial score (nSPS) is 15.6. The maximum atomic E-state index is 10.3. The van der Waals surface area contributed by atoms with Crippen molar-refractivity contribution in [1.29, 1.82) is 0 Å². The van der Waals surface area contributed by atoms with Crippen LogP contribution in [0.4, 0.5) is 0 Å². The molecule has 0 saturated carbocycles. The summed E-state index contributed by atoms with van der Waals surface area (Å²) in [6, 6.07) is 1.93. The lowest BCUT2D eigenvalue weighted by molar-refractivity contribution is 0.0339. The molecular formula is C12H19NO. The van der Waals surface area contributed by atoms with Crippen molar-refractivity contribution in [2.24, 2.45) is 5.92 Å². The van der Waals surface area contributed by atoms with Crippen molar-refractivity contribution in [3.05, 3.63) is 29.6 Å². The molecule has 1 heterocycles.